The lowest BCUT2D eigenvalue weighted by Crippen LogP contribution is -2.17. The number of aromatic amines is 1. The summed E-state index contributed by atoms with van der Waals surface area (Å²) in [7, 11) is 0. The van der Waals surface area contributed by atoms with E-state index < -0.39 is 0 Å². The number of H-pyrrole nitrogens is 1. The number of hydrogen-bond acceptors (Lipinski definition) is 4. The van der Waals surface area contributed by atoms with Crippen molar-refractivity contribution in [1.82, 2.24) is 19.7 Å². The number of nitrogens with zero attached hydrogens (tertiary/aromatic N) is 3. The Hall–Kier alpha value is -3.71. The van der Waals surface area contributed by atoms with Gasteiger partial charge in [0.25, 0.3) is 0 Å². The van der Waals surface area contributed by atoms with E-state index in [4.69, 9.17) is 4.98 Å². The highest BCUT2D eigenvalue weighted by Crippen LogP contribution is 2.26. The summed E-state index contributed by atoms with van der Waals surface area (Å²) in [4.78, 5) is 20.7. The van der Waals surface area contributed by atoms with Gasteiger partial charge in [0, 0.05) is 34.1 Å². The van der Waals surface area contributed by atoms with Gasteiger partial charge in [-0.15, -0.1) is 11.3 Å². The summed E-state index contributed by atoms with van der Waals surface area (Å²) in [5, 5.41) is 11.3. The van der Waals surface area contributed by atoms with E-state index in [0.29, 0.717) is 10.9 Å². The maximum atomic E-state index is 12.8. The highest BCUT2D eigenvalue weighted by Gasteiger charge is 2.15. The van der Waals surface area contributed by atoms with Gasteiger partial charge in [-0.2, -0.15) is 9.78 Å². The number of carbonyl (C=O) groups excluding carboxylic acids is 1. The Morgan fingerprint density at radius 3 is 2.80 bits per heavy atom. The van der Waals surface area contributed by atoms with Gasteiger partial charge in [0.1, 0.15) is 5.82 Å². The molecule has 5 rings (SSSR count). The van der Waals surface area contributed by atoms with Crippen molar-refractivity contribution < 1.29 is 4.79 Å². The molecule has 0 atom stereocenters. The molecular formula is C23H19N5OS. The molecule has 5 aromatic rings. The largest absolute Gasteiger partial charge is 0.361 e. The molecule has 0 aliphatic rings. The van der Waals surface area contributed by atoms with E-state index in [1.54, 1.807) is 4.68 Å². The topological polar surface area (TPSA) is 75.6 Å². The van der Waals surface area contributed by atoms with Crippen molar-refractivity contribution >= 4 is 34.0 Å². The third kappa shape index (κ3) is 3.51. The lowest BCUT2D eigenvalue weighted by atomic mass is 10.1. The van der Waals surface area contributed by atoms with Crippen molar-refractivity contribution in [3.05, 3.63) is 83.5 Å². The zero-order valence-corrected chi connectivity index (χ0v) is 17.1. The zero-order chi connectivity index (χ0) is 20.5. The molecular weight excluding hydrogens is 394 g/mol. The van der Waals surface area contributed by atoms with Crippen LogP contribution in [0.1, 0.15) is 11.3 Å². The Morgan fingerprint density at radius 1 is 1.13 bits per heavy atom. The summed E-state index contributed by atoms with van der Waals surface area (Å²) >= 11 is 1.49. The first-order chi connectivity index (χ1) is 14.7. The number of benzene rings is 2. The fraction of sp³-hybridized carbons (Fsp3) is 0.0870. The second-order valence-electron chi connectivity index (χ2n) is 7.05. The lowest BCUT2D eigenvalue weighted by Gasteiger charge is -2.06. The number of anilines is 1. The summed E-state index contributed by atoms with van der Waals surface area (Å²) < 4.78 is 1.69. The summed E-state index contributed by atoms with van der Waals surface area (Å²) in [6, 6.07) is 19.8. The van der Waals surface area contributed by atoms with Crippen LogP contribution in [-0.2, 0) is 11.2 Å². The summed E-state index contributed by atoms with van der Waals surface area (Å²) in [5.74, 6) is 0.520. The molecule has 1 amide bonds. The molecule has 0 aliphatic heterocycles. The van der Waals surface area contributed by atoms with Crippen molar-refractivity contribution in [2.75, 3.05) is 5.32 Å². The average Bonchev–Trinajstić information content (AvgIpc) is 3.48. The number of aryl methyl sites for hydroxylation is 1. The van der Waals surface area contributed by atoms with Crippen molar-refractivity contribution in [1.29, 1.82) is 0 Å². The number of carbonyl (C=O) groups is 1. The molecule has 30 heavy (non-hydrogen) atoms. The van der Waals surface area contributed by atoms with E-state index in [2.05, 4.69) is 15.4 Å². The smallest absolute Gasteiger partial charge is 0.230 e. The van der Waals surface area contributed by atoms with E-state index >= 15 is 0 Å². The number of hydrogen-bond donors (Lipinski definition) is 2. The zero-order valence-electron chi connectivity index (χ0n) is 16.3. The molecule has 0 spiro atoms. The van der Waals surface area contributed by atoms with E-state index in [0.717, 1.165) is 33.4 Å². The van der Waals surface area contributed by atoms with Crippen LogP contribution in [0.3, 0.4) is 0 Å². The van der Waals surface area contributed by atoms with Gasteiger partial charge in [-0.05, 0) is 18.6 Å². The van der Waals surface area contributed by atoms with E-state index in [9.17, 15) is 4.79 Å². The Kier molecular flexibility index (Phi) is 4.65. The summed E-state index contributed by atoms with van der Waals surface area (Å²) in [6.07, 6.45) is 2.17. The number of rotatable bonds is 5. The molecule has 0 radical (unpaired) electrons. The first-order valence-electron chi connectivity index (χ1n) is 9.60. The van der Waals surface area contributed by atoms with Gasteiger partial charge in [-0.1, -0.05) is 48.5 Å². The maximum Gasteiger partial charge on any atom is 0.230 e. The van der Waals surface area contributed by atoms with Crippen LogP contribution in [0, 0.1) is 6.92 Å². The van der Waals surface area contributed by atoms with Crippen molar-refractivity contribution in [2.24, 2.45) is 0 Å². The average molecular weight is 414 g/mol. The molecule has 0 aliphatic carbocycles. The van der Waals surface area contributed by atoms with Crippen LogP contribution in [0.25, 0.3) is 27.3 Å². The Labute approximate surface area is 177 Å². The van der Waals surface area contributed by atoms with Gasteiger partial charge in [0.05, 0.1) is 17.8 Å². The van der Waals surface area contributed by atoms with Gasteiger partial charge in [0.15, 0.2) is 0 Å². The highest BCUT2D eigenvalue weighted by atomic mass is 32.1. The third-order valence-electron chi connectivity index (χ3n) is 4.87. The van der Waals surface area contributed by atoms with Crippen molar-refractivity contribution in [3.8, 4) is 16.4 Å². The van der Waals surface area contributed by atoms with Crippen LogP contribution < -0.4 is 5.32 Å². The van der Waals surface area contributed by atoms with Crippen LogP contribution >= 0.6 is 11.3 Å². The number of para-hydroxylation sites is 1. The molecule has 2 aromatic carbocycles. The lowest BCUT2D eigenvalue weighted by molar-refractivity contribution is -0.115. The number of nitrogens with one attached hydrogen (secondary N) is 2. The van der Waals surface area contributed by atoms with Crippen molar-refractivity contribution in [2.45, 2.75) is 13.3 Å². The van der Waals surface area contributed by atoms with Crippen LogP contribution in [0.4, 0.5) is 5.82 Å². The Morgan fingerprint density at radius 2 is 1.93 bits per heavy atom. The second-order valence-corrected chi connectivity index (χ2v) is 7.89. The molecule has 0 saturated carbocycles. The number of aromatic nitrogens is 4. The second kappa shape index (κ2) is 7.61. The molecule has 7 heteroatoms. The molecule has 3 heterocycles. The van der Waals surface area contributed by atoms with Gasteiger partial charge in [0.2, 0.25) is 11.0 Å². The van der Waals surface area contributed by atoms with Gasteiger partial charge >= 0.3 is 0 Å². The summed E-state index contributed by atoms with van der Waals surface area (Å²) in [5.41, 5.74) is 4.74. The number of fused-ring (bicyclic) bond motifs is 1. The number of thiazole rings is 1. The minimum Gasteiger partial charge on any atom is -0.361 e. The minimum absolute atomic E-state index is 0.0965. The fourth-order valence-electron chi connectivity index (χ4n) is 3.48. The van der Waals surface area contributed by atoms with Crippen molar-refractivity contribution in [3.63, 3.8) is 0 Å². The molecule has 0 bridgehead atoms. The quantitative estimate of drug-likeness (QED) is 0.427. The first-order valence-corrected chi connectivity index (χ1v) is 10.5. The maximum absolute atomic E-state index is 12.8. The molecule has 2 N–H and O–H groups in total. The molecule has 0 fully saturated rings. The SMILES string of the molecule is Cc1cc(NC(=O)Cc2c[nH]c3ccccc23)n(-c2nc(-c3ccccc3)cs2)n1. The van der Waals surface area contributed by atoms with E-state index in [-0.39, 0.29) is 12.3 Å². The molecule has 6 nitrogen and oxygen atoms in total. The highest BCUT2D eigenvalue weighted by molar-refractivity contribution is 7.12. The van der Waals surface area contributed by atoms with E-state index in [1.807, 2.05) is 79.2 Å². The molecule has 148 valence electrons. The van der Waals surface area contributed by atoms with Gasteiger partial charge in [-0.3, -0.25) is 4.79 Å². The first kappa shape index (κ1) is 18.3. The van der Waals surface area contributed by atoms with Crippen LogP contribution in [0.15, 0.2) is 72.2 Å². The molecule has 0 unspecified atom stereocenters. The summed E-state index contributed by atoms with van der Waals surface area (Å²) in [6.45, 7) is 1.90. The molecule has 0 saturated heterocycles. The van der Waals surface area contributed by atoms with Gasteiger partial charge < -0.3 is 10.3 Å². The third-order valence-corrected chi connectivity index (χ3v) is 5.68. The van der Waals surface area contributed by atoms with Crippen LogP contribution in [0.2, 0.25) is 0 Å². The Balaban J connectivity index is 1.39. The number of amides is 1. The normalized spacial score (nSPS) is 11.1. The van der Waals surface area contributed by atoms with Crippen LogP contribution in [0.5, 0.6) is 0 Å². The van der Waals surface area contributed by atoms with Crippen LogP contribution in [-0.4, -0.2) is 25.7 Å². The predicted octanol–water partition coefficient (Wildman–Crippen LogP) is 4.97. The monoisotopic (exact) mass is 413 g/mol. The standard InChI is InChI=1S/C23H19N5OS/c1-15-11-21(26-22(29)12-17-13-24-19-10-6-5-9-18(17)19)28(27-15)23-25-20(14-30-23)16-7-3-2-4-8-16/h2-11,13-14,24H,12H2,1H3,(H,26,29). The molecule has 3 aromatic heterocycles. The van der Waals surface area contributed by atoms with Gasteiger partial charge in [-0.25, -0.2) is 4.98 Å². The van der Waals surface area contributed by atoms with E-state index in [1.165, 1.54) is 11.3 Å². The Bertz CT molecular complexity index is 1330. The minimum atomic E-state index is -0.0965. The fourth-order valence-corrected chi connectivity index (χ4v) is 4.27. The predicted molar refractivity (Wildman–Crippen MR) is 120 cm³/mol.